The molecule has 2 rings (SSSR count). The topological polar surface area (TPSA) is 104 Å². The van der Waals surface area contributed by atoms with E-state index in [-0.39, 0.29) is 18.0 Å². The second-order valence-electron chi connectivity index (χ2n) is 5.91. The van der Waals surface area contributed by atoms with Crippen LogP contribution in [0.2, 0.25) is 0 Å². The van der Waals surface area contributed by atoms with Gasteiger partial charge < -0.3 is 19.5 Å². The predicted molar refractivity (Wildman–Crippen MR) is 88.0 cm³/mol. The number of esters is 2. The van der Waals surface area contributed by atoms with Gasteiger partial charge in [-0.1, -0.05) is 0 Å². The van der Waals surface area contributed by atoms with Crippen LogP contribution in [-0.2, 0) is 23.9 Å². The number of aromatic nitrogens is 1. The number of amides is 1. The van der Waals surface area contributed by atoms with Crippen LogP contribution in [0, 0.1) is 12.8 Å². The number of rotatable bonds is 4. The first kappa shape index (κ1) is 18.7. The maximum absolute atomic E-state index is 11.5. The van der Waals surface area contributed by atoms with Crippen molar-refractivity contribution in [3.63, 3.8) is 0 Å². The Labute approximate surface area is 145 Å². The van der Waals surface area contributed by atoms with E-state index >= 15 is 0 Å². The van der Waals surface area contributed by atoms with Crippen LogP contribution in [0.1, 0.15) is 31.2 Å². The molecule has 8 heteroatoms. The van der Waals surface area contributed by atoms with Crippen molar-refractivity contribution < 1.29 is 28.6 Å². The van der Waals surface area contributed by atoms with E-state index < -0.39 is 11.9 Å². The molecule has 1 amide bonds. The molecule has 8 nitrogen and oxygen atoms in total. The fourth-order valence-electron chi connectivity index (χ4n) is 2.77. The van der Waals surface area contributed by atoms with Gasteiger partial charge in [-0.05, 0) is 38.7 Å². The average molecular weight is 350 g/mol. The molecule has 25 heavy (non-hydrogen) atoms. The van der Waals surface area contributed by atoms with E-state index in [9.17, 15) is 14.4 Å². The summed E-state index contributed by atoms with van der Waals surface area (Å²) in [6.07, 6.45) is 4.36. The average Bonchev–Trinajstić information content (AvgIpc) is 2.63. The van der Waals surface area contributed by atoms with Crippen molar-refractivity contribution in [2.75, 3.05) is 19.5 Å². The molecule has 1 fully saturated rings. The number of carbonyl (C=O) groups is 3. The van der Waals surface area contributed by atoms with Gasteiger partial charge in [0.05, 0.1) is 32.0 Å². The lowest BCUT2D eigenvalue weighted by Gasteiger charge is -2.27. The molecule has 1 heterocycles. The largest absolute Gasteiger partial charge is 0.474 e. The van der Waals surface area contributed by atoms with Crippen molar-refractivity contribution >= 4 is 23.5 Å². The van der Waals surface area contributed by atoms with E-state index in [0.717, 1.165) is 38.4 Å². The third-order valence-corrected chi connectivity index (χ3v) is 4.15. The van der Waals surface area contributed by atoms with Gasteiger partial charge in [-0.25, -0.2) is 9.78 Å². The second-order valence-corrected chi connectivity index (χ2v) is 5.91. The van der Waals surface area contributed by atoms with Crippen molar-refractivity contribution in [3.8, 4) is 5.88 Å². The molecule has 0 saturated heterocycles. The molecule has 0 aliphatic heterocycles. The molecule has 0 unspecified atom stereocenters. The molecule has 1 aliphatic carbocycles. The van der Waals surface area contributed by atoms with Gasteiger partial charge >= 0.3 is 17.8 Å². The Hall–Kier alpha value is -2.64. The number of aryl methyl sites for hydroxylation is 1. The van der Waals surface area contributed by atoms with E-state index in [1.165, 1.54) is 13.3 Å². The Bertz CT molecular complexity index is 653. The normalized spacial score (nSPS) is 19.6. The van der Waals surface area contributed by atoms with Crippen LogP contribution in [-0.4, -0.2) is 43.2 Å². The number of pyridine rings is 1. The molecule has 1 aromatic heterocycles. The van der Waals surface area contributed by atoms with Gasteiger partial charge in [-0.2, -0.15) is 0 Å². The lowest BCUT2D eigenvalue weighted by Crippen LogP contribution is -2.29. The standard InChI is InChI=1S/C17H22N2O6/c1-10-8-12(19-14(20)17(22)24-3)9-18-15(10)25-13-6-4-11(5-7-13)16(21)23-2/h8-9,11,13H,4-7H2,1-3H3,(H,19,20)/t11-,13+. The lowest BCUT2D eigenvalue weighted by atomic mass is 9.87. The van der Waals surface area contributed by atoms with Crippen LogP contribution in [0.5, 0.6) is 5.88 Å². The summed E-state index contributed by atoms with van der Waals surface area (Å²) in [6.45, 7) is 1.80. The van der Waals surface area contributed by atoms with Crippen LogP contribution in [0.4, 0.5) is 5.69 Å². The number of anilines is 1. The lowest BCUT2D eigenvalue weighted by molar-refractivity contribution is -0.150. The van der Waals surface area contributed by atoms with E-state index in [1.807, 2.05) is 0 Å². The maximum Gasteiger partial charge on any atom is 0.396 e. The third kappa shape index (κ3) is 4.91. The second kappa shape index (κ2) is 8.46. The van der Waals surface area contributed by atoms with Crippen LogP contribution in [0.3, 0.4) is 0 Å². The minimum atomic E-state index is -0.972. The molecule has 0 spiro atoms. The summed E-state index contributed by atoms with van der Waals surface area (Å²) in [4.78, 5) is 38.3. The Morgan fingerprint density at radius 3 is 2.36 bits per heavy atom. The van der Waals surface area contributed by atoms with Gasteiger partial charge in [-0.15, -0.1) is 0 Å². The molecular formula is C17H22N2O6. The van der Waals surface area contributed by atoms with Crippen molar-refractivity contribution in [2.24, 2.45) is 5.92 Å². The Balaban J connectivity index is 1.92. The fourth-order valence-corrected chi connectivity index (χ4v) is 2.77. The highest BCUT2D eigenvalue weighted by atomic mass is 16.5. The number of nitrogens with zero attached hydrogens (tertiary/aromatic N) is 1. The van der Waals surface area contributed by atoms with Gasteiger partial charge in [0.25, 0.3) is 0 Å². The highest BCUT2D eigenvalue weighted by molar-refractivity contribution is 6.37. The minimum Gasteiger partial charge on any atom is -0.474 e. The fraction of sp³-hybridized carbons (Fsp3) is 0.529. The highest BCUT2D eigenvalue weighted by Gasteiger charge is 2.28. The first-order valence-corrected chi connectivity index (χ1v) is 8.05. The molecule has 0 atom stereocenters. The Morgan fingerprint density at radius 1 is 1.12 bits per heavy atom. The first-order valence-electron chi connectivity index (χ1n) is 8.05. The smallest absolute Gasteiger partial charge is 0.396 e. The van der Waals surface area contributed by atoms with E-state index in [1.54, 1.807) is 13.0 Å². The zero-order valence-electron chi connectivity index (χ0n) is 14.5. The molecule has 1 aliphatic rings. The Kier molecular flexibility index (Phi) is 6.32. The predicted octanol–water partition coefficient (Wildman–Crippen LogP) is 1.61. The molecule has 1 aromatic rings. The summed E-state index contributed by atoms with van der Waals surface area (Å²) < 4.78 is 15.0. The van der Waals surface area contributed by atoms with Gasteiger partial charge in [0.1, 0.15) is 6.10 Å². The first-order chi connectivity index (χ1) is 11.9. The zero-order chi connectivity index (χ0) is 18.4. The molecule has 0 aromatic carbocycles. The summed E-state index contributed by atoms with van der Waals surface area (Å²) >= 11 is 0. The number of carbonyl (C=O) groups excluding carboxylic acids is 3. The van der Waals surface area contributed by atoms with Gasteiger partial charge in [0.15, 0.2) is 0 Å². The molecule has 136 valence electrons. The quantitative estimate of drug-likeness (QED) is 0.650. The SMILES string of the molecule is COC(=O)C(=O)Nc1cnc(O[C@H]2CC[C@@H](C(=O)OC)CC2)c(C)c1. The third-order valence-electron chi connectivity index (χ3n) is 4.15. The minimum absolute atomic E-state index is 0.0115. The number of ether oxygens (including phenoxy) is 3. The summed E-state index contributed by atoms with van der Waals surface area (Å²) in [5, 5.41) is 2.41. The molecule has 0 radical (unpaired) electrons. The number of methoxy groups -OCH3 is 2. The summed E-state index contributed by atoms with van der Waals surface area (Å²) in [5.41, 5.74) is 1.12. The molecule has 1 saturated carbocycles. The van der Waals surface area contributed by atoms with Crippen molar-refractivity contribution in [1.82, 2.24) is 4.98 Å². The number of nitrogens with one attached hydrogen (secondary N) is 1. The van der Waals surface area contributed by atoms with Crippen LogP contribution in [0.25, 0.3) is 0 Å². The van der Waals surface area contributed by atoms with Crippen molar-refractivity contribution in [3.05, 3.63) is 17.8 Å². The number of hydrogen-bond acceptors (Lipinski definition) is 7. The van der Waals surface area contributed by atoms with E-state index in [0.29, 0.717) is 11.6 Å². The number of hydrogen-bond donors (Lipinski definition) is 1. The van der Waals surface area contributed by atoms with Gasteiger partial charge in [-0.3, -0.25) is 9.59 Å². The molecule has 0 bridgehead atoms. The Morgan fingerprint density at radius 2 is 1.80 bits per heavy atom. The van der Waals surface area contributed by atoms with Crippen LogP contribution < -0.4 is 10.1 Å². The summed E-state index contributed by atoms with van der Waals surface area (Å²) in [7, 11) is 2.54. The van der Waals surface area contributed by atoms with Crippen molar-refractivity contribution in [2.45, 2.75) is 38.7 Å². The monoisotopic (exact) mass is 350 g/mol. The van der Waals surface area contributed by atoms with Gasteiger partial charge in [0.2, 0.25) is 5.88 Å². The highest BCUT2D eigenvalue weighted by Crippen LogP contribution is 2.29. The molecular weight excluding hydrogens is 328 g/mol. The molecule has 1 N–H and O–H groups in total. The zero-order valence-corrected chi connectivity index (χ0v) is 14.5. The van der Waals surface area contributed by atoms with Crippen molar-refractivity contribution in [1.29, 1.82) is 0 Å². The summed E-state index contributed by atoms with van der Waals surface area (Å²) in [6, 6.07) is 1.67. The van der Waals surface area contributed by atoms with Crippen LogP contribution >= 0.6 is 0 Å². The summed E-state index contributed by atoms with van der Waals surface area (Å²) in [5.74, 6) is -1.59. The van der Waals surface area contributed by atoms with E-state index in [2.05, 4.69) is 15.0 Å². The van der Waals surface area contributed by atoms with Crippen LogP contribution in [0.15, 0.2) is 12.3 Å². The van der Waals surface area contributed by atoms with Gasteiger partial charge in [0, 0.05) is 5.56 Å². The maximum atomic E-state index is 11.5. The van der Waals surface area contributed by atoms with E-state index in [4.69, 9.17) is 9.47 Å².